The molecule has 1 aliphatic heterocycles. The summed E-state index contributed by atoms with van der Waals surface area (Å²) in [6.45, 7) is 0.769. The van der Waals surface area contributed by atoms with Crippen LogP contribution in [-0.4, -0.2) is 33.6 Å². The van der Waals surface area contributed by atoms with Crippen LogP contribution in [0.2, 0.25) is 0 Å². The van der Waals surface area contributed by atoms with E-state index < -0.39 is 12.0 Å². The Morgan fingerprint density at radius 3 is 3.11 bits per heavy atom. The van der Waals surface area contributed by atoms with Crippen molar-refractivity contribution in [1.29, 1.82) is 0 Å². The van der Waals surface area contributed by atoms with Gasteiger partial charge in [-0.05, 0) is 25.0 Å². The van der Waals surface area contributed by atoms with Crippen LogP contribution in [0, 0.1) is 0 Å². The van der Waals surface area contributed by atoms with E-state index in [1.165, 1.54) is 0 Å². The van der Waals surface area contributed by atoms with Crippen molar-refractivity contribution in [2.24, 2.45) is 0 Å². The molecule has 0 amide bonds. The molecule has 1 aliphatic rings. The van der Waals surface area contributed by atoms with Crippen molar-refractivity contribution >= 4 is 22.6 Å². The lowest BCUT2D eigenvalue weighted by molar-refractivity contribution is -0.138. The normalized spacial score (nSPS) is 19.3. The topological polar surface area (TPSA) is 66.3 Å². The smallest absolute Gasteiger partial charge is 0.326 e. The minimum atomic E-state index is -0.763. The monoisotopic (exact) mass is 243 g/mol. The number of carboxylic acid groups (broad SMARTS) is 1. The van der Waals surface area contributed by atoms with Crippen molar-refractivity contribution in [2.45, 2.75) is 18.9 Å². The maximum Gasteiger partial charge on any atom is 0.326 e. The average molecular weight is 243 g/mol. The van der Waals surface area contributed by atoms with E-state index in [0.717, 1.165) is 29.6 Å². The van der Waals surface area contributed by atoms with E-state index in [-0.39, 0.29) is 0 Å². The number of anilines is 1. The molecule has 0 unspecified atom stereocenters. The lowest BCUT2D eigenvalue weighted by atomic mass is 10.2. The molecule has 0 aliphatic carbocycles. The first-order chi connectivity index (χ1) is 8.77. The van der Waals surface area contributed by atoms with E-state index >= 15 is 0 Å². The molecule has 0 radical (unpaired) electrons. The highest BCUT2D eigenvalue weighted by Crippen LogP contribution is 2.30. The van der Waals surface area contributed by atoms with Gasteiger partial charge in [0.2, 0.25) is 0 Å². The van der Waals surface area contributed by atoms with Crippen molar-refractivity contribution < 1.29 is 9.90 Å². The fourth-order valence-electron chi connectivity index (χ4n) is 2.54. The van der Waals surface area contributed by atoms with Gasteiger partial charge in [0.1, 0.15) is 6.04 Å². The molecule has 0 spiro atoms. The van der Waals surface area contributed by atoms with Crippen molar-refractivity contribution in [3.63, 3.8) is 0 Å². The molecule has 0 aromatic carbocycles. The Morgan fingerprint density at radius 1 is 1.39 bits per heavy atom. The van der Waals surface area contributed by atoms with Gasteiger partial charge in [-0.25, -0.2) is 4.79 Å². The zero-order valence-electron chi connectivity index (χ0n) is 9.78. The Bertz CT molecular complexity index is 594. The quantitative estimate of drug-likeness (QED) is 0.869. The highest BCUT2D eigenvalue weighted by Gasteiger charge is 2.31. The van der Waals surface area contributed by atoms with Crippen LogP contribution >= 0.6 is 0 Å². The fraction of sp³-hybridized carbons (Fsp3) is 0.308. The maximum absolute atomic E-state index is 11.2. The third-order valence-corrected chi connectivity index (χ3v) is 3.37. The molecule has 18 heavy (non-hydrogen) atoms. The van der Waals surface area contributed by atoms with Crippen molar-refractivity contribution in [3.05, 3.63) is 30.7 Å². The summed E-state index contributed by atoms with van der Waals surface area (Å²) in [6, 6.07) is 3.27. The van der Waals surface area contributed by atoms with Crippen LogP contribution in [0.3, 0.4) is 0 Å². The SMILES string of the molecule is O=C(O)[C@H]1CCCN1c1ccnc2ccncc12. The first-order valence-electron chi connectivity index (χ1n) is 5.95. The van der Waals surface area contributed by atoms with Crippen molar-refractivity contribution in [3.8, 4) is 0 Å². The average Bonchev–Trinajstić information content (AvgIpc) is 2.87. The predicted octanol–water partition coefficient (Wildman–Crippen LogP) is 1.68. The maximum atomic E-state index is 11.2. The van der Waals surface area contributed by atoms with Gasteiger partial charge in [0, 0.05) is 36.2 Å². The molecule has 2 aromatic heterocycles. The molecule has 1 N–H and O–H groups in total. The summed E-state index contributed by atoms with van der Waals surface area (Å²) in [5, 5.41) is 10.2. The molecule has 1 saturated heterocycles. The van der Waals surface area contributed by atoms with Gasteiger partial charge in [0.25, 0.3) is 0 Å². The third-order valence-electron chi connectivity index (χ3n) is 3.37. The standard InChI is InChI=1S/C13H13N3O2/c17-13(18)12-2-1-7-16(12)11-4-6-15-10-3-5-14-8-9(10)11/h3-6,8,12H,1-2,7H2,(H,17,18)/t12-/m1/s1. The molecule has 1 atom stereocenters. The molecule has 5 nitrogen and oxygen atoms in total. The van der Waals surface area contributed by atoms with Crippen LogP contribution in [0.1, 0.15) is 12.8 Å². The lowest BCUT2D eigenvalue weighted by Crippen LogP contribution is -2.36. The van der Waals surface area contributed by atoms with Gasteiger partial charge in [-0.2, -0.15) is 0 Å². The molecular formula is C13H13N3O2. The highest BCUT2D eigenvalue weighted by atomic mass is 16.4. The fourth-order valence-corrected chi connectivity index (χ4v) is 2.54. The summed E-state index contributed by atoms with van der Waals surface area (Å²) in [5.41, 5.74) is 1.76. The number of aliphatic carboxylic acids is 1. The second-order valence-corrected chi connectivity index (χ2v) is 4.41. The first-order valence-corrected chi connectivity index (χ1v) is 5.95. The van der Waals surface area contributed by atoms with Crippen LogP contribution < -0.4 is 4.90 Å². The van der Waals surface area contributed by atoms with E-state index in [9.17, 15) is 9.90 Å². The first kappa shape index (κ1) is 11.0. The Kier molecular flexibility index (Phi) is 2.59. The van der Waals surface area contributed by atoms with Gasteiger partial charge < -0.3 is 10.0 Å². The summed E-state index contributed by atoms with van der Waals surface area (Å²) in [4.78, 5) is 21.6. The van der Waals surface area contributed by atoms with Gasteiger partial charge in [0.15, 0.2) is 0 Å². The van der Waals surface area contributed by atoms with Gasteiger partial charge in [0.05, 0.1) is 5.52 Å². The predicted molar refractivity (Wildman–Crippen MR) is 67.5 cm³/mol. The Morgan fingerprint density at radius 2 is 2.28 bits per heavy atom. The minimum absolute atomic E-state index is 0.434. The van der Waals surface area contributed by atoms with Crippen LogP contribution in [0.25, 0.3) is 10.9 Å². The summed E-state index contributed by atoms with van der Waals surface area (Å²) >= 11 is 0. The number of aromatic nitrogens is 2. The third kappa shape index (κ3) is 1.68. The molecule has 0 bridgehead atoms. The largest absolute Gasteiger partial charge is 0.480 e. The summed E-state index contributed by atoms with van der Waals surface area (Å²) in [5.74, 6) is -0.763. The van der Waals surface area contributed by atoms with Gasteiger partial charge in [-0.3, -0.25) is 9.97 Å². The molecule has 1 fully saturated rings. The summed E-state index contributed by atoms with van der Waals surface area (Å²) in [6.07, 6.45) is 6.75. The molecule has 2 aromatic rings. The molecule has 92 valence electrons. The van der Waals surface area contributed by atoms with Crippen molar-refractivity contribution in [1.82, 2.24) is 9.97 Å². The minimum Gasteiger partial charge on any atom is -0.480 e. The lowest BCUT2D eigenvalue weighted by Gasteiger charge is -2.24. The Hall–Kier alpha value is -2.17. The van der Waals surface area contributed by atoms with Gasteiger partial charge in [-0.15, -0.1) is 0 Å². The number of rotatable bonds is 2. The summed E-state index contributed by atoms with van der Waals surface area (Å²) in [7, 11) is 0. The molecule has 3 rings (SSSR count). The van der Waals surface area contributed by atoms with E-state index in [0.29, 0.717) is 6.42 Å². The van der Waals surface area contributed by atoms with E-state index in [1.54, 1.807) is 18.6 Å². The number of fused-ring (bicyclic) bond motifs is 1. The van der Waals surface area contributed by atoms with Gasteiger partial charge >= 0.3 is 5.97 Å². The van der Waals surface area contributed by atoms with Gasteiger partial charge in [-0.1, -0.05) is 0 Å². The number of carbonyl (C=O) groups is 1. The molecule has 3 heterocycles. The van der Waals surface area contributed by atoms with Crippen LogP contribution in [-0.2, 0) is 4.79 Å². The Balaban J connectivity index is 2.11. The van der Waals surface area contributed by atoms with Crippen LogP contribution in [0.5, 0.6) is 0 Å². The number of carboxylic acids is 1. The molecule has 0 saturated carbocycles. The Labute approximate surface area is 104 Å². The second-order valence-electron chi connectivity index (χ2n) is 4.41. The molecular weight excluding hydrogens is 230 g/mol. The van der Waals surface area contributed by atoms with E-state index in [1.807, 2.05) is 17.0 Å². The van der Waals surface area contributed by atoms with E-state index in [2.05, 4.69) is 9.97 Å². The second kappa shape index (κ2) is 4.25. The molecule has 5 heteroatoms. The number of nitrogens with zero attached hydrogens (tertiary/aromatic N) is 3. The number of hydrogen-bond donors (Lipinski definition) is 1. The van der Waals surface area contributed by atoms with Crippen LogP contribution in [0.4, 0.5) is 5.69 Å². The number of pyridine rings is 2. The summed E-state index contributed by atoms with van der Waals surface area (Å²) < 4.78 is 0. The number of hydrogen-bond acceptors (Lipinski definition) is 4. The highest BCUT2D eigenvalue weighted by molar-refractivity contribution is 5.93. The van der Waals surface area contributed by atoms with E-state index in [4.69, 9.17) is 0 Å². The zero-order chi connectivity index (χ0) is 12.5. The zero-order valence-corrected chi connectivity index (χ0v) is 9.78. The van der Waals surface area contributed by atoms with Crippen molar-refractivity contribution in [2.75, 3.05) is 11.4 Å². The van der Waals surface area contributed by atoms with Crippen LogP contribution in [0.15, 0.2) is 30.7 Å².